The normalized spacial score (nSPS) is 11.4. The number of hydrogen-bond acceptors (Lipinski definition) is 5. The molecule has 3 rings (SSSR count). The second kappa shape index (κ2) is 5.85. The average Bonchev–Trinajstić information content (AvgIpc) is 2.55. The van der Waals surface area contributed by atoms with Crippen molar-refractivity contribution in [3.8, 4) is 5.75 Å². The van der Waals surface area contributed by atoms with E-state index in [-0.39, 0.29) is 5.03 Å². The Bertz CT molecular complexity index is 954. The van der Waals surface area contributed by atoms with Crippen LogP contribution in [-0.4, -0.2) is 25.5 Å². The quantitative estimate of drug-likeness (QED) is 0.796. The third-order valence-electron chi connectivity index (χ3n) is 3.35. The van der Waals surface area contributed by atoms with E-state index in [2.05, 4.69) is 14.7 Å². The molecule has 118 valence electrons. The largest absolute Gasteiger partial charge is 0.494 e. The van der Waals surface area contributed by atoms with E-state index in [1.807, 2.05) is 19.1 Å². The summed E-state index contributed by atoms with van der Waals surface area (Å²) < 4.78 is 32.9. The summed E-state index contributed by atoms with van der Waals surface area (Å²) in [5, 5.41) is 0.751. The first kappa shape index (κ1) is 15.2. The summed E-state index contributed by atoms with van der Waals surface area (Å²) in [6.45, 7) is 1.84. The summed E-state index contributed by atoms with van der Waals surface area (Å²) in [5.74, 6) is 0.395. The number of aryl methyl sites for hydroxylation is 1. The topological polar surface area (TPSA) is 81.2 Å². The van der Waals surface area contributed by atoms with Crippen molar-refractivity contribution in [1.82, 2.24) is 9.97 Å². The Morgan fingerprint density at radius 3 is 2.61 bits per heavy atom. The van der Waals surface area contributed by atoms with Crippen LogP contribution in [0.5, 0.6) is 5.75 Å². The monoisotopic (exact) mass is 329 g/mol. The third kappa shape index (κ3) is 2.95. The molecule has 3 aromatic rings. The zero-order valence-electron chi connectivity index (χ0n) is 12.6. The van der Waals surface area contributed by atoms with Crippen LogP contribution in [0, 0.1) is 6.92 Å². The molecule has 7 heteroatoms. The lowest BCUT2D eigenvalue weighted by molar-refractivity contribution is 0.417. The number of nitrogens with zero attached hydrogens (tertiary/aromatic N) is 2. The van der Waals surface area contributed by atoms with Gasteiger partial charge in [-0.3, -0.25) is 9.71 Å². The summed E-state index contributed by atoms with van der Waals surface area (Å²) in [6.07, 6.45) is 3.11. The highest BCUT2D eigenvalue weighted by atomic mass is 32.2. The maximum Gasteiger partial charge on any atom is 0.279 e. The Morgan fingerprint density at radius 2 is 1.91 bits per heavy atom. The summed E-state index contributed by atoms with van der Waals surface area (Å²) in [4.78, 5) is 8.22. The van der Waals surface area contributed by atoms with Gasteiger partial charge in [0.2, 0.25) is 0 Å². The van der Waals surface area contributed by atoms with Gasteiger partial charge in [0.15, 0.2) is 5.03 Å². The minimum atomic E-state index is -3.84. The summed E-state index contributed by atoms with van der Waals surface area (Å²) in [6, 6.07) is 10.3. The molecular weight excluding hydrogens is 314 g/mol. The smallest absolute Gasteiger partial charge is 0.279 e. The fourth-order valence-corrected chi connectivity index (χ4v) is 3.20. The molecule has 0 spiro atoms. The molecule has 6 nitrogen and oxygen atoms in total. The van der Waals surface area contributed by atoms with Crippen LogP contribution in [0.25, 0.3) is 10.9 Å². The van der Waals surface area contributed by atoms with Crippen molar-refractivity contribution in [2.75, 3.05) is 11.8 Å². The van der Waals surface area contributed by atoms with E-state index in [0.29, 0.717) is 17.0 Å². The number of sulfonamides is 1. The second-order valence-corrected chi connectivity index (χ2v) is 6.63. The van der Waals surface area contributed by atoms with Crippen LogP contribution < -0.4 is 9.46 Å². The Kier molecular flexibility index (Phi) is 3.87. The van der Waals surface area contributed by atoms with E-state index in [4.69, 9.17) is 4.74 Å². The molecule has 0 amide bonds. The van der Waals surface area contributed by atoms with Crippen LogP contribution in [0.15, 0.2) is 53.8 Å². The highest BCUT2D eigenvalue weighted by molar-refractivity contribution is 7.92. The van der Waals surface area contributed by atoms with Gasteiger partial charge in [0.05, 0.1) is 12.6 Å². The Labute approximate surface area is 134 Å². The van der Waals surface area contributed by atoms with Gasteiger partial charge in [-0.15, -0.1) is 0 Å². The molecule has 0 atom stereocenters. The molecule has 1 aromatic carbocycles. The number of nitrogens with one attached hydrogen (secondary N) is 1. The third-order valence-corrected chi connectivity index (χ3v) is 4.62. The molecular formula is C16H15N3O3S. The van der Waals surface area contributed by atoms with Crippen molar-refractivity contribution < 1.29 is 13.2 Å². The van der Waals surface area contributed by atoms with Gasteiger partial charge in [-0.2, -0.15) is 8.42 Å². The molecule has 0 bridgehead atoms. The first-order valence-electron chi connectivity index (χ1n) is 6.88. The van der Waals surface area contributed by atoms with E-state index < -0.39 is 10.0 Å². The van der Waals surface area contributed by atoms with Gasteiger partial charge in [0.1, 0.15) is 11.4 Å². The molecule has 0 aliphatic carbocycles. The number of benzene rings is 1. The second-order valence-electron chi connectivity index (χ2n) is 5.00. The van der Waals surface area contributed by atoms with Gasteiger partial charge in [-0.25, -0.2) is 4.98 Å². The molecule has 2 aromatic heterocycles. The number of hydrogen-bond donors (Lipinski definition) is 1. The number of anilines is 1. The van der Waals surface area contributed by atoms with Crippen molar-refractivity contribution in [3.05, 3.63) is 54.4 Å². The van der Waals surface area contributed by atoms with E-state index in [9.17, 15) is 8.42 Å². The fraction of sp³-hybridized carbons (Fsp3) is 0.125. The first-order valence-corrected chi connectivity index (χ1v) is 8.37. The van der Waals surface area contributed by atoms with Crippen LogP contribution in [0.2, 0.25) is 0 Å². The highest BCUT2D eigenvalue weighted by Crippen LogP contribution is 2.33. The molecule has 0 unspecified atom stereocenters. The van der Waals surface area contributed by atoms with Crippen molar-refractivity contribution in [3.63, 3.8) is 0 Å². The van der Waals surface area contributed by atoms with Crippen molar-refractivity contribution >= 4 is 26.6 Å². The number of aromatic nitrogens is 2. The minimum Gasteiger partial charge on any atom is -0.494 e. The van der Waals surface area contributed by atoms with Gasteiger partial charge < -0.3 is 4.74 Å². The van der Waals surface area contributed by atoms with Crippen LogP contribution in [0.1, 0.15) is 5.56 Å². The van der Waals surface area contributed by atoms with E-state index >= 15 is 0 Å². The van der Waals surface area contributed by atoms with Crippen molar-refractivity contribution in [1.29, 1.82) is 0 Å². The molecule has 0 saturated heterocycles. The molecule has 0 aliphatic rings. The Morgan fingerprint density at radius 1 is 1.09 bits per heavy atom. The SMILES string of the molecule is COc1ccc2cccnc2c1NS(=O)(=O)c1ccc(C)cn1. The maximum absolute atomic E-state index is 12.6. The lowest BCUT2D eigenvalue weighted by Gasteiger charge is -2.13. The van der Waals surface area contributed by atoms with E-state index in [1.165, 1.54) is 19.4 Å². The van der Waals surface area contributed by atoms with Crippen LogP contribution in [0.3, 0.4) is 0 Å². The zero-order valence-corrected chi connectivity index (χ0v) is 13.5. The van der Waals surface area contributed by atoms with Gasteiger partial charge in [0, 0.05) is 17.8 Å². The molecule has 0 radical (unpaired) electrons. The maximum atomic E-state index is 12.6. The van der Waals surface area contributed by atoms with E-state index in [1.54, 1.807) is 24.4 Å². The fourth-order valence-electron chi connectivity index (χ4n) is 2.20. The molecule has 1 N–H and O–H groups in total. The number of methoxy groups -OCH3 is 1. The van der Waals surface area contributed by atoms with Crippen LogP contribution in [0.4, 0.5) is 5.69 Å². The van der Waals surface area contributed by atoms with Gasteiger partial charge in [0.25, 0.3) is 10.0 Å². The van der Waals surface area contributed by atoms with Gasteiger partial charge in [-0.1, -0.05) is 12.1 Å². The highest BCUT2D eigenvalue weighted by Gasteiger charge is 2.20. The number of fused-ring (bicyclic) bond motifs is 1. The van der Waals surface area contributed by atoms with Crippen molar-refractivity contribution in [2.24, 2.45) is 0 Å². The summed E-state index contributed by atoms with van der Waals surface area (Å²) >= 11 is 0. The molecule has 0 saturated carbocycles. The Hall–Kier alpha value is -2.67. The molecule has 23 heavy (non-hydrogen) atoms. The molecule has 0 aliphatic heterocycles. The molecule has 0 fully saturated rings. The Balaban J connectivity index is 2.11. The van der Waals surface area contributed by atoms with Crippen molar-refractivity contribution in [2.45, 2.75) is 11.9 Å². The zero-order chi connectivity index (χ0) is 16.4. The van der Waals surface area contributed by atoms with Gasteiger partial charge in [-0.05, 0) is 36.8 Å². The van der Waals surface area contributed by atoms with E-state index in [0.717, 1.165) is 10.9 Å². The number of pyridine rings is 2. The lowest BCUT2D eigenvalue weighted by Crippen LogP contribution is -2.15. The first-order chi connectivity index (χ1) is 11.0. The van der Waals surface area contributed by atoms with Gasteiger partial charge >= 0.3 is 0 Å². The predicted molar refractivity (Wildman–Crippen MR) is 88.1 cm³/mol. The van der Waals surface area contributed by atoms with Crippen LogP contribution in [-0.2, 0) is 10.0 Å². The lowest BCUT2D eigenvalue weighted by atomic mass is 10.2. The molecule has 2 heterocycles. The average molecular weight is 329 g/mol. The van der Waals surface area contributed by atoms with Crippen LogP contribution >= 0.6 is 0 Å². The number of ether oxygens (including phenoxy) is 1. The number of rotatable bonds is 4. The predicted octanol–water partition coefficient (Wildman–Crippen LogP) is 2.75. The summed E-state index contributed by atoms with van der Waals surface area (Å²) in [5.41, 5.74) is 1.70. The minimum absolute atomic E-state index is 0.0573. The summed E-state index contributed by atoms with van der Waals surface area (Å²) in [7, 11) is -2.36. The standard InChI is InChI=1S/C16H15N3O3S/c1-11-5-8-14(18-10-11)23(20,21)19-16-13(22-2)7-6-12-4-3-9-17-15(12)16/h3-10,19H,1-2H3.